The van der Waals surface area contributed by atoms with Crippen LogP contribution in [-0.2, 0) is 16.8 Å². The Morgan fingerprint density at radius 1 is 1.08 bits per heavy atom. The number of carbonyl (C=O) groups excluding carboxylic acids is 1. The predicted molar refractivity (Wildman–Crippen MR) is 97.6 cm³/mol. The van der Waals surface area contributed by atoms with Crippen molar-refractivity contribution in [3.8, 4) is 0 Å². The smallest absolute Gasteiger partial charge is 0.189 e. The summed E-state index contributed by atoms with van der Waals surface area (Å²) in [5.74, 6) is 1.60. The molecular formula is C22H30N2O2. The van der Waals surface area contributed by atoms with E-state index in [1.807, 2.05) is 0 Å². The van der Waals surface area contributed by atoms with Crippen LogP contribution in [0.4, 0.5) is 5.69 Å². The molecule has 1 aliphatic heterocycles. The lowest BCUT2D eigenvalue weighted by atomic mass is 9.53. The Balaban J connectivity index is 1.52. The van der Waals surface area contributed by atoms with Gasteiger partial charge in [-0.05, 0) is 56.3 Å². The fourth-order valence-electron chi connectivity index (χ4n) is 6.99. The van der Waals surface area contributed by atoms with E-state index in [0.717, 1.165) is 36.5 Å². The highest BCUT2D eigenvalue weighted by Crippen LogP contribution is 2.57. The molecule has 4 bridgehead atoms. The largest absolute Gasteiger partial charge is 0.550 e. The molecule has 0 atom stereocenters. The van der Waals surface area contributed by atoms with E-state index in [1.54, 1.807) is 0 Å². The van der Waals surface area contributed by atoms with Gasteiger partial charge in [-0.1, -0.05) is 0 Å². The number of carbonyl (C=O) groups is 1. The third-order valence-corrected chi connectivity index (χ3v) is 7.58. The van der Waals surface area contributed by atoms with Crippen molar-refractivity contribution in [2.75, 3.05) is 18.0 Å². The number of carboxylic acid groups (broad SMARTS) is 1. The molecule has 0 radical (unpaired) electrons. The van der Waals surface area contributed by atoms with Crippen molar-refractivity contribution >= 4 is 11.7 Å². The summed E-state index contributed by atoms with van der Waals surface area (Å²) in [6.45, 7) is 2.18. The molecule has 4 saturated carbocycles. The zero-order valence-electron chi connectivity index (χ0n) is 15.7. The zero-order chi connectivity index (χ0) is 17.7. The first-order valence-electron chi connectivity index (χ1n) is 10.6. The molecule has 2 heterocycles. The molecular weight excluding hydrogens is 324 g/mol. The van der Waals surface area contributed by atoms with E-state index in [-0.39, 0.29) is 12.0 Å². The Morgan fingerprint density at radius 3 is 2.27 bits per heavy atom. The Kier molecular flexibility index (Phi) is 3.98. The lowest BCUT2D eigenvalue weighted by molar-refractivity contribution is -0.782. The topological polar surface area (TPSA) is 47.2 Å². The van der Waals surface area contributed by atoms with Gasteiger partial charge in [-0.15, -0.1) is 0 Å². The van der Waals surface area contributed by atoms with Crippen LogP contribution < -0.4 is 14.6 Å². The minimum absolute atomic E-state index is 0.0312. The summed E-state index contributed by atoms with van der Waals surface area (Å²) in [7, 11) is 0. The number of pyridine rings is 1. The van der Waals surface area contributed by atoms with Gasteiger partial charge in [0, 0.05) is 50.2 Å². The Hall–Kier alpha value is -1.58. The highest BCUT2D eigenvalue weighted by Gasteiger charge is 2.57. The van der Waals surface area contributed by atoms with E-state index in [1.165, 1.54) is 63.5 Å². The van der Waals surface area contributed by atoms with Crippen molar-refractivity contribution in [3.05, 3.63) is 24.0 Å². The van der Waals surface area contributed by atoms with E-state index in [0.29, 0.717) is 0 Å². The lowest BCUT2D eigenvalue weighted by Gasteiger charge is -2.53. The number of hydrogen-bond acceptors (Lipinski definition) is 3. The number of carboxylic acids is 1. The molecule has 4 nitrogen and oxygen atoms in total. The van der Waals surface area contributed by atoms with Gasteiger partial charge in [0.2, 0.25) is 0 Å². The number of nitrogens with zero attached hydrogens (tertiary/aromatic N) is 2. The molecule has 0 unspecified atom stereocenters. The molecule has 140 valence electrons. The number of rotatable bonds is 4. The monoisotopic (exact) mass is 354 g/mol. The third-order valence-electron chi connectivity index (χ3n) is 7.58. The maximum absolute atomic E-state index is 11.5. The van der Waals surface area contributed by atoms with E-state index in [4.69, 9.17) is 0 Å². The highest BCUT2D eigenvalue weighted by molar-refractivity contribution is 5.67. The molecule has 5 fully saturated rings. The third kappa shape index (κ3) is 2.82. The zero-order valence-corrected chi connectivity index (χ0v) is 15.7. The van der Waals surface area contributed by atoms with Crippen LogP contribution in [0.2, 0.25) is 0 Å². The van der Waals surface area contributed by atoms with Gasteiger partial charge in [0.05, 0.1) is 12.4 Å². The van der Waals surface area contributed by atoms with Gasteiger partial charge < -0.3 is 14.8 Å². The van der Waals surface area contributed by atoms with Crippen LogP contribution in [0.3, 0.4) is 0 Å². The SMILES string of the molecule is O=C([O-])Cc1cc(N2CCCCC2)cc[n+]1C12CC3CC(CC(C3)C1)C2. The van der Waals surface area contributed by atoms with Crippen molar-refractivity contribution < 1.29 is 14.5 Å². The lowest BCUT2D eigenvalue weighted by Crippen LogP contribution is -2.66. The van der Waals surface area contributed by atoms with Crippen LogP contribution in [0, 0.1) is 17.8 Å². The molecule has 1 aromatic heterocycles. The molecule has 4 heteroatoms. The van der Waals surface area contributed by atoms with E-state index in [2.05, 4.69) is 27.8 Å². The highest BCUT2D eigenvalue weighted by atomic mass is 16.4. The number of piperidine rings is 1. The van der Waals surface area contributed by atoms with Crippen molar-refractivity contribution in [2.24, 2.45) is 17.8 Å². The Labute approximate surface area is 156 Å². The average molecular weight is 354 g/mol. The van der Waals surface area contributed by atoms with Crippen LogP contribution in [0.25, 0.3) is 0 Å². The van der Waals surface area contributed by atoms with Gasteiger partial charge in [0.25, 0.3) is 0 Å². The summed E-state index contributed by atoms with van der Waals surface area (Å²) in [5, 5.41) is 11.5. The predicted octanol–water partition coefficient (Wildman–Crippen LogP) is 2.18. The summed E-state index contributed by atoms with van der Waals surface area (Å²) in [6, 6.07) is 4.39. The van der Waals surface area contributed by atoms with Crippen LogP contribution in [0.15, 0.2) is 18.3 Å². The molecule has 0 spiro atoms. The first kappa shape index (κ1) is 16.6. The second-order valence-electron chi connectivity index (χ2n) is 9.48. The summed E-state index contributed by atoms with van der Waals surface area (Å²) >= 11 is 0. The first-order valence-corrected chi connectivity index (χ1v) is 10.6. The van der Waals surface area contributed by atoms with E-state index in [9.17, 15) is 9.90 Å². The van der Waals surface area contributed by atoms with Crippen molar-refractivity contribution in [1.82, 2.24) is 0 Å². The molecule has 6 rings (SSSR count). The Bertz CT molecular complexity index is 673. The molecule has 1 aromatic rings. The van der Waals surface area contributed by atoms with Gasteiger partial charge in [-0.3, -0.25) is 0 Å². The minimum Gasteiger partial charge on any atom is -0.550 e. The number of hydrogen-bond donors (Lipinski definition) is 0. The maximum atomic E-state index is 11.5. The molecule has 0 N–H and O–H groups in total. The summed E-state index contributed by atoms with van der Waals surface area (Å²) in [6.07, 6.45) is 14.0. The van der Waals surface area contributed by atoms with Gasteiger partial charge in [-0.25, -0.2) is 0 Å². The maximum Gasteiger partial charge on any atom is 0.189 e. The van der Waals surface area contributed by atoms with Crippen LogP contribution in [0.1, 0.15) is 63.5 Å². The molecule has 1 saturated heterocycles. The molecule has 4 aliphatic carbocycles. The Morgan fingerprint density at radius 2 is 1.69 bits per heavy atom. The van der Waals surface area contributed by atoms with Crippen molar-refractivity contribution in [1.29, 1.82) is 0 Å². The molecule has 5 aliphatic rings. The molecule has 26 heavy (non-hydrogen) atoms. The number of aromatic nitrogens is 1. The van der Waals surface area contributed by atoms with Gasteiger partial charge in [-0.2, -0.15) is 4.57 Å². The van der Waals surface area contributed by atoms with Crippen molar-refractivity contribution in [2.45, 2.75) is 69.7 Å². The van der Waals surface area contributed by atoms with Gasteiger partial charge in [0.1, 0.15) is 0 Å². The van der Waals surface area contributed by atoms with Crippen LogP contribution in [-0.4, -0.2) is 19.1 Å². The quantitative estimate of drug-likeness (QED) is 0.779. The number of anilines is 1. The van der Waals surface area contributed by atoms with Crippen LogP contribution in [0.5, 0.6) is 0 Å². The summed E-state index contributed by atoms with van der Waals surface area (Å²) < 4.78 is 2.38. The average Bonchev–Trinajstić information content (AvgIpc) is 2.60. The van der Waals surface area contributed by atoms with Crippen LogP contribution >= 0.6 is 0 Å². The molecule has 0 amide bonds. The van der Waals surface area contributed by atoms with Gasteiger partial charge >= 0.3 is 0 Å². The van der Waals surface area contributed by atoms with E-state index >= 15 is 0 Å². The van der Waals surface area contributed by atoms with E-state index < -0.39 is 5.97 Å². The second-order valence-corrected chi connectivity index (χ2v) is 9.48. The standard InChI is InChI=1S/C22H30N2O2/c25-21(26)12-20-11-19(23-5-2-1-3-6-23)4-7-24(20)22-13-16-8-17(14-22)10-18(9-16)15-22/h4,7,11,16-18H,1-3,5-6,8-10,12-15H2. The fourth-order valence-corrected chi connectivity index (χ4v) is 6.99. The summed E-state index contributed by atoms with van der Waals surface area (Å²) in [4.78, 5) is 13.9. The second kappa shape index (κ2) is 6.24. The summed E-state index contributed by atoms with van der Waals surface area (Å²) in [5.41, 5.74) is 2.32. The molecule has 0 aromatic carbocycles. The van der Waals surface area contributed by atoms with Gasteiger partial charge in [0.15, 0.2) is 17.4 Å². The van der Waals surface area contributed by atoms with Crippen molar-refractivity contribution in [3.63, 3.8) is 0 Å². The number of aliphatic carboxylic acids is 1. The minimum atomic E-state index is -0.959. The normalized spacial score (nSPS) is 35.7. The first-order chi connectivity index (χ1) is 12.6. The fraction of sp³-hybridized carbons (Fsp3) is 0.727.